The Kier molecular flexibility index (Phi) is 6.55. The molecule has 2 heteroatoms. The van der Waals surface area contributed by atoms with Crippen LogP contribution < -0.4 is 0 Å². The second-order valence-electron chi connectivity index (χ2n) is 6.11. The summed E-state index contributed by atoms with van der Waals surface area (Å²) in [5.74, 6) is 13.4. The molecule has 0 aromatic heterocycles. The Hall–Kier alpha value is -1.54. The fourth-order valence-corrected chi connectivity index (χ4v) is 3.10. The van der Waals surface area contributed by atoms with Gasteiger partial charge in [-0.2, -0.15) is 0 Å². The molecule has 2 aliphatic rings. The standard InChI is InChI=1S/C19H24O2/c20-18-14-8-6-12-16(18)10-4-2-1-3-5-11-17-13-7-9-15-19(17)21/h16-17H,1,6-15H2. The van der Waals surface area contributed by atoms with Crippen molar-refractivity contribution in [3.8, 4) is 23.7 Å². The summed E-state index contributed by atoms with van der Waals surface area (Å²) in [7, 11) is 0. The molecule has 2 fully saturated rings. The highest BCUT2D eigenvalue weighted by Crippen LogP contribution is 2.23. The van der Waals surface area contributed by atoms with Crippen molar-refractivity contribution in [2.45, 2.75) is 70.6 Å². The number of Topliss-reactive ketones (excluding diaryl/α,β-unsaturated/α-hetero) is 2. The molecular weight excluding hydrogens is 260 g/mol. The van der Waals surface area contributed by atoms with E-state index < -0.39 is 0 Å². The van der Waals surface area contributed by atoms with Crippen molar-refractivity contribution in [2.75, 3.05) is 0 Å². The van der Waals surface area contributed by atoms with E-state index in [9.17, 15) is 9.59 Å². The molecule has 0 spiro atoms. The molecule has 2 unspecified atom stereocenters. The van der Waals surface area contributed by atoms with Gasteiger partial charge in [0.2, 0.25) is 0 Å². The molecule has 2 rings (SSSR count). The molecule has 2 aliphatic carbocycles. The van der Waals surface area contributed by atoms with Gasteiger partial charge in [-0.1, -0.05) is 24.7 Å². The quantitative estimate of drug-likeness (QED) is 0.725. The fourth-order valence-electron chi connectivity index (χ4n) is 3.10. The van der Waals surface area contributed by atoms with Crippen LogP contribution in [-0.2, 0) is 9.59 Å². The smallest absolute Gasteiger partial charge is 0.136 e. The Morgan fingerprint density at radius 1 is 0.714 bits per heavy atom. The molecule has 21 heavy (non-hydrogen) atoms. The molecule has 2 atom stereocenters. The van der Waals surface area contributed by atoms with Crippen LogP contribution >= 0.6 is 0 Å². The SMILES string of the molecule is O=C1CCCCC1CC#CCC#CCC1CCCCC1=O. The molecule has 0 aromatic rings. The van der Waals surface area contributed by atoms with Gasteiger partial charge < -0.3 is 0 Å². The second kappa shape index (κ2) is 8.68. The predicted octanol–water partition coefficient (Wildman–Crippen LogP) is 3.68. The Morgan fingerprint density at radius 3 is 1.62 bits per heavy atom. The van der Waals surface area contributed by atoms with Crippen LogP contribution in [0.4, 0.5) is 0 Å². The summed E-state index contributed by atoms with van der Waals surface area (Å²) < 4.78 is 0. The highest BCUT2D eigenvalue weighted by Gasteiger charge is 2.21. The van der Waals surface area contributed by atoms with Crippen LogP contribution in [0.1, 0.15) is 70.6 Å². The average Bonchev–Trinajstić information content (AvgIpc) is 2.50. The van der Waals surface area contributed by atoms with Gasteiger partial charge >= 0.3 is 0 Å². The number of hydrogen-bond donors (Lipinski definition) is 0. The topological polar surface area (TPSA) is 34.1 Å². The summed E-state index contributed by atoms with van der Waals surface area (Å²) >= 11 is 0. The number of rotatable bonds is 2. The molecule has 0 heterocycles. The summed E-state index contributed by atoms with van der Waals surface area (Å²) in [5.41, 5.74) is 0. The van der Waals surface area contributed by atoms with Gasteiger partial charge in [-0.3, -0.25) is 9.59 Å². The number of carbonyl (C=O) groups excluding carboxylic acids is 2. The molecule has 2 saturated carbocycles. The van der Waals surface area contributed by atoms with Gasteiger partial charge in [0.15, 0.2) is 0 Å². The minimum absolute atomic E-state index is 0.166. The Bertz CT molecular complexity index is 449. The first-order valence-corrected chi connectivity index (χ1v) is 8.24. The summed E-state index contributed by atoms with van der Waals surface area (Å²) in [6.07, 6.45) is 9.85. The van der Waals surface area contributed by atoms with Gasteiger partial charge in [-0.05, 0) is 25.7 Å². The summed E-state index contributed by atoms with van der Waals surface area (Å²) in [5, 5.41) is 0. The van der Waals surface area contributed by atoms with Crippen molar-refractivity contribution in [1.29, 1.82) is 0 Å². The highest BCUT2D eigenvalue weighted by molar-refractivity contribution is 5.82. The predicted molar refractivity (Wildman–Crippen MR) is 83.3 cm³/mol. The lowest BCUT2D eigenvalue weighted by Crippen LogP contribution is -2.18. The Morgan fingerprint density at radius 2 is 1.19 bits per heavy atom. The van der Waals surface area contributed by atoms with Gasteiger partial charge in [0, 0.05) is 37.5 Å². The van der Waals surface area contributed by atoms with Crippen LogP contribution in [0.2, 0.25) is 0 Å². The molecular formula is C19H24O2. The van der Waals surface area contributed by atoms with Gasteiger partial charge in [-0.25, -0.2) is 0 Å². The first-order chi connectivity index (χ1) is 10.3. The molecule has 0 N–H and O–H groups in total. The molecule has 2 nitrogen and oxygen atoms in total. The van der Waals surface area contributed by atoms with Crippen LogP contribution in [0, 0.1) is 35.5 Å². The van der Waals surface area contributed by atoms with Crippen molar-refractivity contribution in [3.63, 3.8) is 0 Å². The van der Waals surface area contributed by atoms with E-state index in [4.69, 9.17) is 0 Å². The van der Waals surface area contributed by atoms with Crippen molar-refractivity contribution < 1.29 is 9.59 Å². The van der Waals surface area contributed by atoms with E-state index in [2.05, 4.69) is 23.7 Å². The number of carbonyl (C=O) groups is 2. The minimum Gasteiger partial charge on any atom is -0.299 e. The Balaban J connectivity index is 1.65. The van der Waals surface area contributed by atoms with Gasteiger partial charge in [0.05, 0.1) is 6.42 Å². The van der Waals surface area contributed by atoms with Crippen LogP contribution in [0.3, 0.4) is 0 Å². The zero-order valence-electron chi connectivity index (χ0n) is 12.7. The maximum Gasteiger partial charge on any atom is 0.136 e. The van der Waals surface area contributed by atoms with Crippen LogP contribution in [0.5, 0.6) is 0 Å². The van der Waals surface area contributed by atoms with E-state index in [1.54, 1.807) is 0 Å². The monoisotopic (exact) mass is 284 g/mol. The molecule has 0 aliphatic heterocycles. The van der Waals surface area contributed by atoms with Crippen molar-refractivity contribution >= 4 is 11.6 Å². The number of ketones is 2. The molecule has 0 bridgehead atoms. The van der Waals surface area contributed by atoms with Crippen LogP contribution in [0.15, 0.2) is 0 Å². The zero-order chi connectivity index (χ0) is 14.9. The third-order valence-electron chi connectivity index (χ3n) is 4.49. The van der Waals surface area contributed by atoms with Crippen molar-refractivity contribution in [2.24, 2.45) is 11.8 Å². The fraction of sp³-hybridized carbons (Fsp3) is 0.684. The Labute approximate surface area is 128 Å². The largest absolute Gasteiger partial charge is 0.299 e. The lowest BCUT2D eigenvalue weighted by Gasteiger charge is -2.17. The molecule has 0 radical (unpaired) electrons. The van der Waals surface area contributed by atoms with E-state index in [1.165, 1.54) is 0 Å². The molecule has 0 aromatic carbocycles. The normalized spacial score (nSPS) is 25.5. The first-order valence-electron chi connectivity index (χ1n) is 8.24. The van der Waals surface area contributed by atoms with Gasteiger partial charge in [0.1, 0.15) is 11.6 Å². The summed E-state index contributed by atoms with van der Waals surface area (Å²) in [4.78, 5) is 23.3. The van der Waals surface area contributed by atoms with E-state index >= 15 is 0 Å². The minimum atomic E-state index is 0.166. The third kappa shape index (κ3) is 5.39. The van der Waals surface area contributed by atoms with Crippen LogP contribution in [0.25, 0.3) is 0 Å². The van der Waals surface area contributed by atoms with Crippen molar-refractivity contribution in [3.05, 3.63) is 0 Å². The molecule has 112 valence electrons. The average molecular weight is 284 g/mol. The van der Waals surface area contributed by atoms with E-state index in [-0.39, 0.29) is 11.8 Å². The number of hydrogen-bond acceptors (Lipinski definition) is 2. The highest BCUT2D eigenvalue weighted by atomic mass is 16.1. The maximum absolute atomic E-state index is 11.6. The van der Waals surface area contributed by atoms with Gasteiger partial charge in [-0.15, -0.1) is 11.8 Å². The van der Waals surface area contributed by atoms with E-state index in [1.807, 2.05) is 0 Å². The lowest BCUT2D eigenvalue weighted by molar-refractivity contribution is -0.125. The van der Waals surface area contributed by atoms with E-state index in [0.717, 1.165) is 51.4 Å². The van der Waals surface area contributed by atoms with Gasteiger partial charge in [0.25, 0.3) is 0 Å². The summed E-state index contributed by atoms with van der Waals surface area (Å²) in [6, 6.07) is 0. The van der Waals surface area contributed by atoms with Crippen molar-refractivity contribution in [1.82, 2.24) is 0 Å². The lowest BCUT2D eigenvalue weighted by atomic mass is 9.86. The van der Waals surface area contributed by atoms with E-state index in [0.29, 0.717) is 30.8 Å². The molecule has 0 amide bonds. The molecule has 0 saturated heterocycles. The first kappa shape index (κ1) is 15.8. The van der Waals surface area contributed by atoms with Crippen LogP contribution in [-0.4, -0.2) is 11.6 Å². The third-order valence-corrected chi connectivity index (χ3v) is 4.49. The maximum atomic E-state index is 11.6. The second-order valence-corrected chi connectivity index (χ2v) is 6.11. The summed E-state index contributed by atoms with van der Waals surface area (Å²) in [6.45, 7) is 0. The zero-order valence-corrected chi connectivity index (χ0v) is 12.7.